The first-order valence-corrected chi connectivity index (χ1v) is 7.55. The van der Waals surface area contributed by atoms with E-state index in [2.05, 4.69) is 39.3 Å². The van der Waals surface area contributed by atoms with Gasteiger partial charge in [0.1, 0.15) is 0 Å². The van der Waals surface area contributed by atoms with Gasteiger partial charge in [-0.25, -0.2) is 0 Å². The summed E-state index contributed by atoms with van der Waals surface area (Å²) in [7, 11) is 1.78. The molecule has 0 amide bonds. The Balaban J connectivity index is 4.25. The standard InChI is InChI=1S/C13H29NOS/c1-7-13(8-2,16-6)10-14-12(9-15-5)11(3)4/h11-12,14H,7-10H2,1-6H3. The molecule has 0 saturated carbocycles. The number of hydrogen-bond acceptors (Lipinski definition) is 3. The van der Waals surface area contributed by atoms with Crippen LogP contribution in [0.5, 0.6) is 0 Å². The third-order valence-corrected chi connectivity index (χ3v) is 5.15. The van der Waals surface area contributed by atoms with Crippen LogP contribution in [0.15, 0.2) is 0 Å². The van der Waals surface area contributed by atoms with Gasteiger partial charge in [0.05, 0.1) is 6.61 Å². The lowest BCUT2D eigenvalue weighted by Gasteiger charge is -2.33. The zero-order valence-electron chi connectivity index (χ0n) is 11.8. The van der Waals surface area contributed by atoms with Gasteiger partial charge in [-0.05, 0) is 25.0 Å². The molecule has 0 spiro atoms. The highest BCUT2D eigenvalue weighted by Gasteiger charge is 2.26. The largest absolute Gasteiger partial charge is 0.383 e. The van der Waals surface area contributed by atoms with E-state index in [0.717, 1.165) is 13.2 Å². The highest BCUT2D eigenvalue weighted by Crippen LogP contribution is 2.29. The van der Waals surface area contributed by atoms with Crippen LogP contribution in [-0.4, -0.2) is 37.3 Å². The van der Waals surface area contributed by atoms with Gasteiger partial charge in [0, 0.05) is 24.4 Å². The average Bonchev–Trinajstić information content (AvgIpc) is 2.29. The van der Waals surface area contributed by atoms with E-state index in [0.29, 0.717) is 16.7 Å². The van der Waals surface area contributed by atoms with Crippen LogP contribution in [0.25, 0.3) is 0 Å². The van der Waals surface area contributed by atoms with Crippen molar-refractivity contribution < 1.29 is 4.74 Å². The van der Waals surface area contributed by atoms with Crippen molar-refractivity contribution in [2.75, 3.05) is 26.5 Å². The Kier molecular flexibility index (Phi) is 8.52. The molecule has 0 rings (SSSR count). The SMILES string of the molecule is CCC(CC)(CNC(COC)C(C)C)SC. The Morgan fingerprint density at radius 2 is 1.81 bits per heavy atom. The topological polar surface area (TPSA) is 21.3 Å². The normalized spacial score (nSPS) is 14.4. The molecule has 0 aliphatic carbocycles. The van der Waals surface area contributed by atoms with Gasteiger partial charge in [0.15, 0.2) is 0 Å². The molecule has 1 unspecified atom stereocenters. The van der Waals surface area contributed by atoms with E-state index in [4.69, 9.17) is 4.74 Å². The fraction of sp³-hybridized carbons (Fsp3) is 1.00. The molecule has 1 N–H and O–H groups in total. The van der Waals surface area contributed by atoms with E-state index < -0.39 is 0 Å². The highest BCUT2D eigenvalue weighted by atomic mass is 32.2. The molecule has 0 fully saturated rings. The lowest BCUT2D eigenvalue weighted by atomic mass is 9.99. The molecule has 0 aromatic rings. The second-order valence-corrected chi connectivity index (χ2v) is 6.06. The number of hydrogen-bond donors (Lipinski definition) is 1. The van der Waals surface area contributed by atoms with Crippen molar-refractivity contribution in [3.63, 3.8) is 0 Å². The molecule has 0 aromatic carbocycles. The molecule has 0 saturated heterocycles. The molecule has 0 aliphatic heterocycles. The van der Waals surface area contributed by atoms with Gasteiger partial charge in [-0.2, -0.15) is 11.8 Å². The predicted octanol–water partition coefficient (Wildman–Crippen LogP) is 3.17. The molecule has 16 heavy (non-hydrogen) atoms. The molecular formula is C13H29NOS. The van der Waals surface area contributed by atoms with Crippen LogP contribution >= 0.6 is 11.8 Å². The van der Waals surface area contributed by atoms with Crippen molar-refractivity contribution in [1.82, 2.24) is 5.32 Å². The predicted molar refractivity (Wildman–Crippen MR) is 75.3 cm³/mol. The van der Waals surface area contributed by atoms with Gasteiger partial charge >= 0.3 is 0 Å². The third kappa shape index (κ3) is 5.07. The van der Waals surface area contributed by atoms with Crippen LogP contribution < -0.4 is 5.32 Å². The smallest absolute Gasteiger partial charge is 0.0618 e. The number of thioether (sulfide) groups is 1. The van der Waals surface area contributed by atoms with Crippen molar-refractivity contribution >= 4 is 11.8 Å². The second kappa shape index (κ2) is 8.37. The summed E-state index contributed by atoms with van der Waals surface area (Å²) in [5.41, 5.74) is 0. The summed E-state index contributed by atoms with van der Waals surface area (Å²) in [5.74, 6) is 0.619. The fourth-order valence-corrected chi connectivity index (χ4v) is 2.65. The van der Waals surface area contributed by atoms with Gasteiger partial charge < -0.3 is 10.1 Å². The summed E-state index contributed by atoms with van der Waals surface area (Å²) in [6.07, 6.45) is 4.65. The maximum absolute atomic E-state index is 5.26. The van der Waals surface area contributed by atoms with Crippen molar-refractivity contribution in [3.8, 4) is 0 Å². The lowest BCUT2D eigenvalue weighted by molar-refractivity contribution is 0.145. The number of methoxy groups -OCH3 is 1. The van der Waals surface area contributed by atoms with E-state index in [-0.39, 0.29) is 0 Å². The van der Waals surface area contributed by atoms with Crippen LogP contribution in [0.4, 0.5) is 0 Å². The summed E-state index contributed by atoms with van der Waals surface area (Å²) in [6, 6.07) is 0.467. The van der Waals surface area contributed by atoms with Crippen LogP contribution in [0.1, 0.15) is 40.5 Å². The molecule has 0 aromatic heterocycles. The van der Waals surface area contributed by atoms with E-state index in [9.17, 15) is 0 Å². The Bertz CT molecular complexity index is 161. The Morgan fingerprint density at radius 3 is 2.12 bits per heavy atom. The third-order valence-electron chi connectivity index (χ3n) is 3.56. The summed E-state index contributed by atoms with van der Waals surface area (Å²) in [6.45, 7) is 10.9. The summed E-state index contributed by atoms with van der Waals surface area (Å²) in [5, 5.41) is 3.67. The quantitative estimate of drug-likeness (QED) is 0.676. The Morgan fingerprint density at radius 1 is 1.25 bits per heavy atom. The minimum atomic E-state index is 0.390. The summed E-state index contributed by atoms with van der Waals surface area (Å²) < 4.78 is 5.65. The van der Waals surface area contributed by atoms with Crippen LogP contribution in [0.3, 0.4) is 0 Å². The molecule has 1 atom stereocenters. The zero-order valence-corrected chi connectivity index (χ0v) is 12.6. The van der Waals surface area contributed by atoms with Crippen molar-refractivity contribution in [1.29, 1.82) is 0 Å². The van der Waals surface area contributed by atoms with E-state index in [1.54, 1.807) is 7.11 Å². The van der Waals surface area contributed by atoms with E-state index >= 15 is 0 Å². The molecule has 0 radical (unpaired) electrons. The maximum atomic E-state index is 5.26. The minimum Gasteiger partial charge on any atom is -0.383 e. The molecule has 3 heteroatoms. The average molecular weight is 247 g/mol. The van der Waals surface area contributed by atoms with E-state index in [1.165, 1.54) is 12.8 Å². The number of ether oxygens (including phenoxy) is 1. The molecule has 0 heterocycles. The first-order valence-electron chi connectivity index (χ1n) is 6.32. The van der Waals surface area contributed by atoms with Crippen LogP contribution in [0, 0.1) is 5.92 Å². The van der Waals surface area contributed by atoms with Crippen molar-refractivity contribution in [2.45, 2.75) is 51.3 Å². The first-order chi connectivity index (χ1) is 7.55. The highest BCUT2D eigenvalue weighted by molar-refractivity contribution is 8.00. The van der Waals surface area contributed by atoms with Gasteiger partial charge in [-0.3, -0.25) is 0 Å². The summed E-state index contributed by atoms with van der Waals surface area (Å²) in [4.78, 5) is 0. The van der Waals surface area contributed by atoms with Crippen molar-refractivity contribution in [2.24, 2.45) is 5.92 Å². The van der Waals surface area contributed by atoms with Gasteiger partial charge in [0.25, 0.3) is 0 Å². The number of rotatable bonds is 9. The lowest BCUT2D eigenvalue weighted by Crippen LogP contribution is -2.45. The Labute approximate surface area is 106 Å². The zero-order chi connectivity index (χ0) is 12.6. The van der Waals surface area contributed by atoms with Crippen molar-refractivity contribution in [3.05, 3.63) is 0 Å². The second-order valence-electron chi connectivity index (χ2n) is 4.78. The minimum absolute atomic E-state index is 0.390. The van der Waals surface area contributed by atoms with Crippen LogP contribution in [0.2, 0.25) is 0 Å². The van der Waals surface area contributed by atoms with E-state index in [1.807, 2.05) is 11.8 Å². The van der Waals surface area contributed by atoms with Gasteiger partial charge in [-0.15, -0.1) is 0 Å². The molecule has 0 aliphatic rings. The van der Waals surface area contributed by atoms with Crippen LogP contribution in [-0.2, 0) is 4.74 Å². The number of nitrogens with one attached hydrogen (secondary N) is 1. The first kappa shape index (κ1) is 16.3. The van der Waals surface area contributed by atoms with Gasteiger partial charge in [0.2, 0.25) is 0 Å². The molecule has 98 valence electrons. The maximum Gasteiger partial charge on any atom is 0.0618 e. The molecule has 2 nitrogen and oxygen atoms in total. The molecule has 0 bridgehead atoms. The Hall–Kier alpha value is 0.270. The monoisotopic (exact) mass is 247 g/mol. The molecular weight excluding hydrogens is 218 g/mol. The fourth-order valence-electron chi connectivity index (χ4n) is 1.84. The summed E-state index contributed by atoms with van der Waals surface area (Å²) >= 11 is 1.99. The van der Waals surface area contributed by atoms with Gasteiger partial charge in [-0.1, -0.05) is 27.7 Å².